The van der Waals surface area contributed by atoms with Crippen LogP contribution in [0, 0.1) is 11.8 Å². The number of hydrogen-bond donors (Lipinski definition) is 1. The van der Waals surface area contributed by atoms with Crippen molar-refractivity contribution in [2.45, 2.75) is 59.3 Å². The van der Waals surface area contributed by atoms with E-state index in [0.717, 1.165) is 11.8 Å². The quantitative estimate of drug-likeness (QED) is 0.829. The van der Waals surface area contributed by atoms with Gasteiger partial charge in [0.2, 0.25) is 0 Å². The molecule has 0 amide bonds. The lowest BCUT2D eigenvalue weighted by atomic mass is 9.82. The molecule has 0 spiro atoms. The van der Waals surface area contributed by atoms with Crippen molar-refractivity contribution in [1.29, 1.82) is 0 Å². The van der Waals surface area contributed by atoms with Crippen LogP contribution in [-0.4, -0.2) is 37.6 Å². The molecule has 1 saturated heterocycles. The molecule has 0 bridgehead atoms. The third-order valence-electron chi connectivity index (χ3n) is 4.34. The van der Waals surface area contributed by atoms with Gasteiger partial charge in [-0.3, -0.25) is 0 Å². The van der Waals surface area contributed by atoms with Crippen LogP contribution in [0.25, 0.3) is 0 Å². The third-order valence-corrected chi connectivity index (χ3v) is 4.34. The number of nitrogens with zero attached hydrogens (tertiary/aromatic N) is 1. The normalized spacial score (nSPS) is 22.7. The Hall–Kier alpha value is -0.0800. The molecule has 2 aliphatic rings. The molecule has 1 aliphatic carbocycles. The van der Waals surface area contributed by atoms with Crippen molar-refractivity contribution >= 4 is 0 Å². The SMILES string of the molecule is CC(C)C1CCCCC1.CCCN1CCNCC1. The van der Waals surface area contributed by atoms with Gasteiger partial charge in [-0.25, -0.2) is 0 Å². The highest BCUT2D eigenvalue weighted by atomic mass is 15.2. The molecule has 0 unspecified atom stereocenters. The maximum atomic E-state index is 3.33. The molecule has 18 heavy (non-hydrogen) atoms. The minimum Gasteiger partial charge on any atom is -0.314 e. The van der Waals surface area contributed by atoms with Crippen molar-refractivity contribution in [3.05, 3.63) is 0 Å². The van der Waals surface area contributed by atoms with E-state index in [0.29, 0.717) is 0 Å². The van der Waals surface area contributed by atoms with Crippen molar-refractivity contribution in [2.24, 2.45) is 11.8 Å². The van der Waals surface area contributed by atoms with Gasteiger partial charge in [0.05, 0.1) is 0 Å². The number of piperazine rings is 1. The first-order valence-corrected chi connectivity index (χ1v) is 8.17. The molecule has 1 heterocycles. The summed E-state index contributed by atoms with van der Waals surface area (Å²) in [4.78, 5) is 2.51. The Morgan fingerprint density at radius 1 is 1.06 bits per heavy atom. The van der Waals surface area contributed by atoms with Crippen LogP contribution in [0.3, 0.4) is 0 Å². The van der Waals surface area contributed by atoms with E-state index in [1.54, 1.807) is 0 Å². The van der Waals surface area contributed by atoms with E-state index in [2.05, 4.69) is 31.0 Å². The van der Waals surface area contributed by atoms with Crippen molar-refractivity contribution in [2.75, 3.05) is 32.7 Å². The Morgan fingerprint density at radius 2 is 1.67 bits per heavy atom. The van der Waals surface area contributed by atoms with E-state index in [1.165, 1.54) is 71.2 Å². The Balaban J connectivity index is 0.000000180. The first-order chi connectivity index (χ1) is 8.74. The summed E-state index contributed by atoms with van der Waals surface area (Å²) >= 11 is 0. The smallest absolute Gasteiger partial charge is 0.0107 e. The van der Waals surface area contributed by atoms with Gasteiger partial charge in [-0.05, 0) is 24.8 Å². The maximum absolute atomic E-state index is 3.33. The molecule has 0 aromatic carbocycles. The lowest BCUT2D eigenvalue weighted by Gasteiger charge is -2.26. The molecule has 1 aliphatic heterocycles. The average Bonchev–Trinajstić information content (AvgIpc) is 2.42. The molecule has 2 fully saturated rings. The molecule has 0 atom stereocenters. The van der Waals surface area contributed by atoms with Crippen LogP contribution in [-0.2, 0) is 0 Å². The maximum Gasteiger partial charge on any atom is 0.0107 e. The Morgan fingerprint density at radius 3 is 2.11 bits per heavy atom. The highest BCUT2D eigenvalue weighted by Gasteiger charge is 2.15. The van der Waals surface area contributed by atoms with Crippen molar-refractivity contribution in [3.63, 3.8) is 0 Å². The minimum absolute atomic E-state index is 0.935. The van der Waals surface area contributed by atoms with Crippen molar-refractivity contribution in [3.8, 4) is 0 Å². The van der Waals surface area contributed by atoms with Gasteiger partial charge in [-0.1, -0.05) is 52.9 Å². The molecular formula is C16H34N2. The first kappa shape index (κ1) is 16.0. The van der Waals surface area contributed by atoms with Gasteiger partial charge in [-0.15, -0.1) is 0 Å². The second-order valence-electron chi connectivity index (χ2n) is 6.23. The van der Waals surface area contributed by atoms with Crippen LogP contribution in [0.5, 0.6) is 0 Å². The molecule has 0 radical (unpaired) electrons. The van der Waals surface area contributed by atoms with E-state index < -0.39 is 0 Å². The zero-order valence-corrected chi connectivity index (χ0v) is 12.9. The highest BCUT2D eigenvalue weighted by Crippen LogP contribution is 2.29. The number of hydrogen-bond acceptors (Lipinski definition) is 2. The van der Waals surface area contributed by atoms with Gasteiger partial charge in [0.25, 0.3) is 0 Å². The molecule has 2 rings (SSSR count). The van der Waals surface area contributed by atoms with Crippen LogP contribution in [0.2, 0.25) is 0 Å². The topological polar surface area (TPSA) is 15.3 Å². The summed E-state index contributed by atoms with van der Waals surface area (Å²) in [6.45, 7) is 13.1. The molecular weight excluding hydrogens is 220 g/mol. The first-order valence-electron chi connectivity index (χ1n) is 8.17. The molecule has 1 N–H and O–H groups in total. The molecule has 108 valence electrons. The van der Waals surface area contributed by atoms with Crippen LogP contribution in [0.1, 0.15) is 59.3 Å². The molecule has 0 aromatic heterocycles. The van der Waals surface area contributed by atoms with E-state index >= 15 is 0 Å². The largest absolute Gasteiger partial charge is 0.314 e. The van der Waals surface area contributed by atoms with Gasteiger partial charge >= 0.3 is 0 Å². The minimum atomic E-state index is 0.935. The monoisotopic (exact) mass is 254 g/mol. The lowest BCUT2D eigenvalue weighted by Crippen LogP contribution is -2.43. The predicted molar refractivity (Wildman–Crippen MR) is 81.0 cm³/mol. The van der Waals surface area contributed by atoms with Crippen LogP contribution >= 0.6 is 0 Å². The summed E-state index contributed by atoms with van der Waals surface area (Å²) in [5.74, 6) is 1.99. The fourth-order valence-corrected chi connectivity index (χ4v) is 3.05. The fourth-order valence-electron chi connectivity index (χ4n) is 3.05. The summed E-state index contributed by atoms with van der Waals surface area (Å²) < 4.78 is 0. The zero-order valence-electron chi connectivity index (χ0n) is 12.9. The molecule has 1 saturated carbocycles. The van der Waals surface area contributed by atoms with E-state index in [4.69, 9.17) is 0 Å². The Kier molecular flexibility index (Phi) is 8.70. The van der Waals surface area contributed by atoms with Crippen molar-refractivity contribution in [1.82, 2.24) is 10.2 Å². The molecule has 2 nitrogen and oxygen atoms in total. The van der Waals surface area contributed by atoms with Crippen LogP contribution in [0.4, 0.5) is 0 Å². The van der Waals surface area contributed by atoms with Gasteiger partial charge in [0.15, 0.2) is 0 Å². The third kappa shape index (κ3) is 6.75. The standard InChI is InChI=1S/C9H18.C7H16N2/c1-8(2)9-6-4-3-5-7-9;1-2-5-9-6-3-8-4-7-9/h8-9H,3-7H2,1-2H3;8H,2-7H2,1H3. The molecule has 0 aromatic rings. The van der Waals surface area contributed by atoms with Crippen LogP contribution in [0.15, 0.2) is 0 Å². The summed E-state index contributed by atoms with van der Waals surface area (Å²) in [5.41, 5.74) is 0. The highest BCUT2D eigenvalue weighted by molar-refractivity contribution is 4.68. The van der Waals surface area contributed by atoms with E-state index in [-0.39, 0.29) is 0 Å². The van der Waals surface area contributed by atoms with Gasteiger partial charge < -0.3 is 10.2 Å². The summed E-state index contributed by atoms with van der Waals surface area (Å²) in [5, 5.41) is 3.33. The lowest BCUT2D eigenvalue weighted by molar-refractivity contribution is 0.241. The predicted octanol–water partition coefficient (Wildman–Crippen LogP) is 3.52. The average molecular weight is 254 g/mol. The Labute approximate surface area is 115 Å². The van der Waals surface area contributed by atoms with Crippen molar-refractivity contribution < 1.29 is 0 Å². The zero-order chi connectivity index (χ0) is 13.2. The van der Waals surface area contributed by atoms with E-state index in [9.17, 15) is 0 Å². The van der Waals surface area contributed by atoms with E-state index in [1.807, 2.05) is 0 Å². The summed E-state index contributed by atoms with van der Waals surface area (Å²) in [7, 11) is 0. The second kappa shape index (κ2) is 9.80. The van der Waals surface area contributed by atoms with Crippen LogP contribution < -0.4 is 5.32 Å². The van der Waals surface area contributed by atoms with Gasteiger partial charge in [0, 0.05) is 26.2 Å². The summed E-state index contributed by atoms with van der Waals surface area (Å²) in [6.07, 6.45) is 8.75. The summed E-state index contributed by atoms with van der Waals surface area (Å²) in [6, 6.07) is 0. The fraction of sp³-hybridized carbons (Fsp3) is 1.00. The van der Waals surface area contributed by atoms with Gasteiger partial charge in [0.1, 0.15) is 0 Å². The second-order valence-corrected chi connectivity index (χ2v) is 6.23. The van der Waals surface area contributed by atoms with Gasteiger partial charge in [-0.2, -0.15) is 0 Å². The Bertz CT molecular complexity index is 177. The molecule has 2 heteroatoms. The number of rotatable bonds is 3. The number of nitrogens with one attached hydrogen (secondary N) is 1.